The van der Waals surface area contributed by atoms with Gasteiger partial charge in [-0.05, 0) is 0 Å². The highest BCUT2D eigenvalue weighted by atomic mass is 16.5. The van der Waals surface area contributed by atoms with E-state index < -0.39 is 0 Å². The maximum atomic E-state index is 12.5. The van der Waals surface area contributed by atoms with Gasteiger partial charge in [-0.2, -0.15) is 0 Å². The quantitative estimate of drug-likeness (QED) is 0.808. The first-order valence-corrected chi connectivity index (χ1v) is 8.43. The molecule has 4 rings (SSSR count). The van der Waals surface area contributed by atoms with Gasteiger partial charge in [-0.1, -0.05) is 0 Å². The smallest absolute Gasteiger partial charge is 0.274 e. The second kappa shape index (κ2) is 7.12. The summed E-state index contributed by atoms with van der Waals surface area (Å²) < 4.78 is 5.83. The van der Waals surface area contributed by atoms with Gasteiger partial charge in [-0.3, -0.25) is 19.6 Å². The topological polar surface area (TPSA) is 110 Å². The molecule has 2 amide bonds. The zero-order valence-corrected chi connectivity index (χ0v) is 14.0. The van der Waals surface area contributed by atoms with Crippen molar-refractivity contribution in [1.82, 2.24) is 30.2 Å². The van der Waals surface area contributed by atoms with Gasteiger partial charge >= 0.3 is 0 Å². The minimum Gasteiger partial charge on any atom is -0.376 e. The maximum absolute atomic E-state index is 12.5. The first kappa shape index (κ1) is 16.5. The fraction of sp³-hybridized carbons (Fsp3) is 0.412. The van der Waals surface area contributed by atoms with Gasteiger partial charge in [-0.15, -0.1) is 0 Å². The number of hydrogen-bond acceptors (Lipinski definition) is 7. The average Bonchev–Trinajstić information content (AvgIpc) is 3.28. The van der Waals surface area contributed by atoms with Crippen molar-refractivity contribution in [3.8, 4) is 0 Å². The zero-order chi connectivity index (χ0) is 17.9. The number of carbonyl (C=O) groups excluding carboxylic acids is 2. The predicted molar refractivity (Wildman–Crippen MR) is 89.0 cm³/mol. The maximum Gasteiger partial charge on any atom is 0.274 e. The molecule has 9 nitrogen and oxygen atoms in total. The Labute approximate surface area is 149 Å². The van der Waals surface area contributed by atoms with Crippen LogP contribution in [0.2, 0.25) is 0 Å². The van der Waals surface area contributed by atoms with Crippen molar-refractivity contribution in [1.29, 1.82) is 0 Å². The molecule has 2 aromatic rings. The molecule has 0 bridgehead atoms. The summed E-state index contributed by atoms with van der Waals surface area (Å²) in [5.41, 5.74) is 0.619. The summed E-state index contributed by atoms with van der Waals surface area (Å²) in [7, 11) is 0. The summed E-state index contributed by atoms with van der Waals surface area (Å²) in [5.74, 6) is -0.0523. The van der Waals surface area contributed by atoms with Crippen LogP contribution >= 0.6 is 0 Å². The molecule has 134 valence electrons. The molecule has 26 heavy (non-hydrogen) atoms. The number of rotatable bonds is 4. The van der Waals surface area contributed by atoms with Gasteiger partial charge < -0.3 is 15.0 Å². The zero-order valence-electron chi connectivity index (χ0n) is 14.0. The predicted octanol–water partition coefficient (Wildman–Crippen LogP) is -0.216. The lowest BCUT2D eigenvalue weighted by Gasteiger charge is -2.19. The molecule has 2 aromatic heterocycles. The number of amides is 2. The second-order valence-electron chi connectivity index (χ2n) is 6.40. The molecular weight excluding hydrogens is 336 g/mol. The molecule has 0 radical (unpaired) electrons. The highest BCUT2D eigenvalue weighted by Crippen LogP contribution is 2.33. The molecule has 1 N–H and O–H groups in total. The molecule has 9 heteroatoms. The van der Waals surface area contributed by atoms with E-state index in [2.05, 4.69) is 25.3 Å². The third kappa shape index (κ3) is 3.25. The minimum absolute atomic E-state index is 0.00552. The number of aromatic nitrogens is 4. The molecule has 3 atom stereocenters. The Bertz CT molecular complexity index is 788. The number of fused-ring (bicyclic) bond motifs is 1. The van der Waals surface area contributed by atoms with Crippen LogP contribution in [0.3, 0.4) is 0 Å². The van der Waals surface area contributed by atoms with Gasteiger partial charge in [0.1, 0.15) is 11.4 Å². The largest absolute Gasteiger partial charge is 0.376 e. The molecule has 2 aliphatic heterocycles. The lowest BCUT2D eigenvalue weighted by atomic mass is 9.93. The highest BCUT2D eigenvalue weighted by Gasteiger charge is 2.45. The van der Waals surface area contributed by atoms with Crippen molar-refractivity contribution >= 4 is 11.8 Å². The fourth-order valence-electron chi connectivity index (χ4n) is 3.48. The van der Waals surface area contributed by atoms with Crippen LogP contribution in [0.15, 0.2) is 37.2 Å². The monoisotopic (exact) mass is 354 g/mol. The number of ether oxygens (including phenoxy) is 1. The van der Waals surface area contributed by atoms with Crippen molar-refractivity contribution in [3.63, 3.8) is 0 Å². The van der Waals surface area contributed by atoms with Crippen LogP contribution in [0.25, 0.3) is 0 Å². The molecule has 2 saturated heterocycles. The molecular formula is C17H18N6O3. The van der Waals surface area contributed by atoms with Crippen LogP contribution in [-0.4, -0.2) is 69.0 Å². The van der Waals surface area contributed by atoms with E-state index >= 15 is 0 Å². The molecule has 2 aliphatic rings. The van der Waals surface area contributed by atoms with Crippen LogP contribution in [0.5, 0.6) is 0 Å². The fourth-order valence-corrected chi connectivity index (χ4v) is 3.48. The van der Waals surface area contributed by atoms with E-state index in [1.54, 1.807) is 4.90 Å². The second-order valence-corrected chi connectivity index (χ2v) is 6.40. The van der Waals surface area contributed by atoms with Crippen LogP contribution in [0, 0.1) is 11.8 Å². The Kier molecular flexibility index (Phi) is 4.53. The van der Waals surface area contributed by atoms with Crippen molar-refractivity contribution in [3.05, 3.63) is 48.6 Å². The Morgan fingerprint density at radius 2 is 1.81 bits per heavy atom. The number of likely N-dealkylation sites (tertiary alicyclic amines) is 1. The van der Waals surface area contributed by atoms with Gasteiger partial charge in [0, 0.05) is 56.3 Å². The molecule has 0 aromatic carbocycles. The van der Waals surface area contributed by atoms with E-state index in [-0.39, 0.29) is 35.4 Å². The average molecular weight is 354 g/mol. The Balaban J connectivity index is 1.35. The molecule has 4 heterocycles. The van der Waals surface area contributed by atoms with Crippen LogP contribution < -0.4 is 5.32 Å². The van der Waals surface area contributed by atoms with Gasteiger partial charge in [-0.25, -0.2) is 9.97 Å². The summed E-state index contributed by atoms with van der Waals surface area (Å²) in [6, 6.07) is 0. The van der Waals surface area contributed by atoms with Gasteiger partial charge in [0.05, 0.1) is 25.1 Å². The number of nitrogens with zero attached hydrogens (tertiary/aromatic N) is 5. The van der Waals surface area contributed by atoms with E-state index in [4.69, 9.17) is 4.74 Å². The number of hydrogen-bond donors (Lipinski definition) is 1. The summed E-state index contributed by atoms with van der Waals surface area (Å²) in [6.07, 6.45) is 8.94. The van der Waals surface area contributed by atoms with Gasteiger partial charge in [0.25, 0.3) is 11.8 Å². The van der Waals surface area contributed by atoms with Gasteiger partial charge in [0.2, 0.25) is 0 Å². The van der Waals surface area contributed by atoms with E-state index in [0.29, 0.717) is 31.9 Å². The molecule has 2 fully saturated rings. The van der Waals surface area contributed by atoms with Crippen molar-refractivity contribution in [2.75, 3.05) is 26.2 Å². The lowest BCUT2D eigenvalue weighted by molar-refractivity contribution is 0.0669. The van der Waals surface area contributed by atoms with Crippen LogP contribution in [0.4, 0.5) is 0 Å². The first-order chi connectivity index (χ1) is 12.7. The molecule has 0 spiro atoms. The van der Waals surface area contributed by atoms with E-state index in [1.807, 2.05) is 0 Å². The Hall–Kier alpha value is -2.94. The van der Waals surface area contributed by atoms with Crippen LogP contribution in [0.1, 0.15) is 21.0 Å². The van der Waals surface area contributed by atoms with Crippen LogP contribution in [-0.2, 0) is 4.74 Å². The number of nitrogens with one attached hydrogen (secondary N) is 1. The Morgan fingerprint density at radius 3 is 2.50 bits per heavy atom. The summed E-state index contributed by atoms with van der Waals surface area (Å²) >= 11 is 0. The molecule has 0 aliphatic carbocycles. The summed E-state index contributed by atoms with van der Waals surface area (Å²) in [4.78, 5) is 42.3. The van der Waals surface area contributed by atoms with E-state index in [0.717, 1.165) is 0 Å². The summed E-state index contributed by atoms with van der Waals surface area (Å²) in [6.45, 7) is 2.17. The lowest BCUT2D eigenvalue weighted by Crippen LogP contribution is -2.35. The summed E-state index contributed by atoms with van der Waals surface area (Å²) in [5, 5.41) is 2.88. The SMILES string of the molecule is O=C(NC[C@H]1CO[C@@H]2CN(C(=O)c3cnccn3)C[C@H]12)c1cnccn1. The molecule has 0 unspecified atom stereocenters. The van der Waals surface area contributed by atoms with Crippen molar-refractivity contribution in [2.24, 2.45) is 11.8 Å². The minimum atomic E-state index is -0.257. The normalized spacial score (nSPS) is 24.3. The van der Waals surface area contributed by atoms with Crippen molar-refractivity contribution in [2.45, 2.75) is 6.10 Å². The third-order valence-electron chi connectivity index (χ3n) is 4.83. The van der Waals surface area contributed by atoms with Gasteiger partial charge in [0.15, 0.2) is 0 Å². The third-order valence-corrected chi connectivity index (χ3v) is 4.83. The molecule has 0 saturated carbocycles. The van der Waals surface area contributed by atoms with E-state index in [1.165, 1.54) is 37.2 Å². The van der Waals surface area contributed by atoms with Crippen molar-refractivity contribution < 1.29 is 14.3 Å². The first-order valence-electron chi connectivity index (χ1n) is 8.43. The standard InChI is InChI=1S/C17H18N6O3/c24-16(13-6-18-1-3-20-13)22-5-11-10-26-15-9-23(8-12(11)15)17(25)14-7-19-2-4-21-14/h1-4,6-7,11-12,15H,5,8-10H2,(H,22,24)/t11-,12+,15+/m0/s1. The van der Waals surface area contributed by atoms with E-state index in [9.17, 15) is 9.59 Å². The highest BCUT2D eigenvalue weighted by molar-refractivity contribution is 5.92. The number of carbonyl (C=O) groups is 2. The Morgan fingerprint density at radius 1 is 1.08 bits per heavy atom.